The first-order chi connectivity index (χ1) is 29.8. The van der Waals surface area contributed by atoms with Crippen LogP contribution in [0.2, 0.25) is 5.02 Å². The molecule has 3 N–H and O–H groups in total. The van der Waals surface area contributed by atoms with Crippen LogP contribution in [0.5, 0.6) is 5.75 Å². The first-order valence-corrected chi connectivity index (χ1v) is 22.0. The second-order valence-electron chi connectivity index (χ2n) is 17.7. The molecule has 0 radical (unpaired) electrons. The van der Waals surface area contributed by atoms with Crippen molar-refractivity contribution in [2.45, 2.75) is 69.4 Å². The monoisotopic (exact) mass is 869 g/mol. The quantitative estimate of drug-likeness (QED) is 0.162. The van der Waals surface area contributed by atoms with Crippen LogP contribution in [0.4, 0.5) is 37.6 Å². The number of hydrogen-bond acceptors (Lipinski definition) is 12. The van der Waals surface area contributed by atoms with Gasteiger partial charge < -0.3 is 29.7 Å². The number of nitrogens with one attached hydrogen (secondary N) is 3. The maximum atomic E-state index is 15.2. The molecule has 7 heterocycles. The molecule has 326 valence electrons. The molecule has 4 aliphatic heterocycles. The maximum Gasteiger partial charge on any atom is 0.301 e. The minimum atomic E-state index is -3.13. The van der Waals surface area contributed by atoms with Crippen LogP contribution in [-0.2, 0) is 23.7 Å². The summed E-state index contributed by atoms with van der Waals surface area (Å²) in [6, 6.07) is 10.7. The van der Waals surface area contributed by atoms with E-state index in [9.17, 15) is 14.4 Å². The first kappa shape index (κ1) is 40.5. The molecule has 18 heteroatoms. The Kier molecular flexibility index (Phi) is 10.2. The Morgan fingerprint density at radius 3 is 2.55 bits per heavy atom. The van der Waals surface area contributed by atoms with Crippen LogP contribution in [0.25, 0.3) is 21.8 Å². The minimum Gasteiger partial charge on any atom is -0.480 e. The lowest BCUT2D eigenvalue weighted by molar-refractivity contribution is -0.134. The van der Waals surface area contributed by atoms with Gasteiger partial charge in [0.1, 0.15) is 5.02 Å². The Bertz CT molecular complexity index is 2660. The van der Waals surface area contributed by atoms with Gasteiger partial charge in [-0.15, -0.1) is 0 Å². The number of piperazine rings is 1. The molecule has 1 saturated carbocycles. The number of amides is 2. The molecule has 5 aliphatic rings. The summed E-state index contributed by atoms with van der Waals surface area (Å²) >= 11 is 6.66. The molecule has 3 aromatic heterocycles. The molecule has 15 nitrogen and oxygen atoms in total. The standard InChI is InChI=1S/C44H50ClF2N11O4/c1-24-21-58(18-17-57(24)22-25-13-15-56(16-14-25)33-6-4-5-28-35(53-55(3)37(28)33)29-10-12-34(59)50-41(29)60)43-48-20-31(45)40(52-43)49-27-9-11-32-30(19-27)36-38(42(61)54(32)2)62-23-44(46,47)39(51-36)26-7-8-26/h4-6,9,11,19-20,24-26,29,39,51H,7-8,10,12-18,21-23H2,1-3H3,(H,48,49,52)(H,50,59,60)/t24-,29?,39-/m0/s1. The van der Waals surface area contributed by atoms with Crippen molar-refractivity contribution in [3.05, 3.63) is 63.7 Å². The first-order valence-electron chi connectivity index (χ1n) is 21.6. The fourth-order valence-corrected chi connectivity index (χ4v) is 10.1. The van der Waals surface area contributed by atoms with Gasteiger partial charge >= 0.3 is 5.92 Å². The molecule has 3 saturated heterocycles. The van der Waals surface area contributed by atoms with Gasteiger partial charge in [-0.05, 0) is 75.1 Å². The number of nitrogens with zero attached hydrogens (tertiary/aromatic N) is 8. The number of rotatable bonds is 8. The summed E-state index contributed by atoms with van der Waals surface area (Å²) in [5.41, 5.74) is 3.86. The van der Waals surface area contributed by atoms with E-state index in [0.717, 1.165) is 74.4 Å². The number of alkyl halides is 2. The van der Waals surface area contributed by atoms with Crippen molar-refractivity contribution in [1.82, 2.24) is 34.5 Å². The third-order valence-corrected chi connectivity index (χ3v) is 13.8. The van der Waals surface area contributed by atoms with Crippen LogP contribution in [-0.4, -0.2) is 105 Å². The Hall–Kier alpha value is -5.55. The van der Waals surface area contributed by atoms with Gasteiger partial charge in [0.15, 0.2) is 12.4 Å². The molecule has 5 aromatic rings. The number of pyridine rings is 1. The van der Waals surface area contributed by atoms with E-state index in [4.69, 9.17) is 26.4 Å². The average Bonchev–Trinajstić information content (AvgIpc) is 4.06. The topological polar surface area (TPSA) is 155 Å². The number of aromatic nitrogens is 5. The van der Waals surface area contributed by atoms with E-state index in [-0.39, 0.29) is 35.2 Å². The third kappa shape index (κ3) is 7.35. The summed E-state index contributed by atoms with van der Waals surface area (Å²) in [6.07, 6.45) is 5.89. The molecular weight excluding hydrogens is 820 g/mol. The highest BCUT2D eigenvalue weighted by Crippen LogP contribution is 2.46. The van der Waals surface area contributed by atoms with Crippen molar-refractivity contribution in [1.29, 1.82) is 0 Å². The molecule has 2 aromatic carbocycles. The lowest BCUT2D eigenvalue weighted by atomic mass is 9.92. The fraction of sp³-hybridized carbons (Fsp3) is 0.500. The maximum absolute atomic E-state index is 15.2. The van der Waals surface area contributed by atoms with Crippen molar-refractivity contribution in [3.8, 4) is 5.75 Å². The van der Waals surface area contributed by atoms with Crippen LogP contribution < -0.4 is 36.0 Å². The van der Waals surface area contributed by atoms with Gasteiger partial charge in [0, 0.05) is 82.3 Å². The van der Waals surface area contributed by atoms with Crippen LogP contribution in [0, 0.1) is 11.8 Å². The summed E-state index contributed by atoms with van der Waals surface area (Å²) in [5, 5.41) is 15.5. The molecule has 2 amide bonds. The zero-order valence-electron chi connectivity index (χ0n) is 35.0. The summed E-state index contributed by atoms with van der Waals surface area (Å²) in [6.45, 7) is 6.58. The van der Waals surface area contributed by atoms with Gasteiger partial charge in [0.05, 0.1) is 46.3 Å². The Morgan fingerprint density at radius 1 is 0.984 bits per heavy atom. The van der Waals surface area contributed by atoms with Crippen molar-refractivity contribution in [3.63, 3.8) is 0 Å². The number of carbonyl (C=O) groups is 2. The highest BCUT2D eigenvalue weighted by molar-refractivity contribution is 6.33. The summed E-state index contributed by atoms with van der Waals surface area (Å²) < 4.78 is 39.2. The van der Waals surface area contributed by atoms with E-state index in [1.165, 1.54) is 4.57 Å². The summed E-state index contributed by atoms with van der Waals surface area (Å²) in [7, 11) is 3.53. The Morgan fingerprint density at radius 2 is 1.79 bits per heavy atom. The average molecular weight is 870 g/mol. The van der Waals surface area contributed by atoms with Crippen LogP contribution in [0.1, 0.15) is 57.1 Å². The van der Waals surface area contributed by atoms with Crippen LogP contribution in [0.3, 0.4) is 0 Å². The number of piperidine rings is 2. The van der Waals surface area contributed by atoms with E-state index in [1.807, 2.05) is 23.9 Å². The number of para-hydroxylation sites is 1. The zero-order valence-corrected chi connectivity index (χ0v) is 35.7. The number of halogens is 3. The molecule has 10 rings (SSSR count). The number of carbonyl (C=O) groups excluding carboxylic acids is 2. The van der Waals surface area contributed by atoms with Gasteiger partial charge in [-0.25, -0.2) is 13.8 Å². The van der Waals surface area contributed by atoms with E-state index in [0.29, 0.717) is 65.0 Å². The fourth-order valence-electron chi connectivity index (χ4n) is 9.97. The lowest BCUT2D eigenvalue weighted by Gasteiger charge is -2.43. The molecular formula is C44H50ClF2N11O4. The van der Waals surface area contributed by atoms with Crippen molar-refractivity contribution < 1.29 is 23.1 Å². The molecule has 4 fully saturated rings. The molecule has 0 spiro atoms. The van der Waals surface area contributed by atoms with Gasteiger partial charge in [-0.2, -0.15) is 10.1 Å². The van der Waals surface area contributed by atoms with E-state index in [1.54, 1.807) is 31.4 Å². The predicted octanol–water partition coefficient (Wildman–Crippen LogP) is 5.78. The molecule has 1 unspecified atom stereocenters. The Balaban J connectivity index is 0.791. The number of aryl methyl sites for hydroxylation is 2. The van der Waals surface area contributed by atoms with Crippen molar-refractivity contribution in [2.24, 2.45) is 25.9 Å². The number of anilines is 5. The van der Waals surface area contributed by atoms with E-state index in [2.05, 4.69) is 48.6 Å². The van der Waals surface area contributed by atoms with Crippen molar-refractivity contribution in [2.75, 3.05) is 66.3 Å². The molecule has 1 aliphatic carbocycles. The minimum absolute atomic E-state index is 0.108. The predicted molar refractivity (Wildman–Crippen MR) is 234 cm³/mol. The molecule has 0 bridgehead atoms. The van der Waals surface area contributed by atoms with Gasteiger partial charge in [0.25, 0.3) is 5.56 Å². The lowest BCUT2D eigenvalue weighted by Crippen LogP contribution is -2.54. The Labute approximate surface area is 361 Å². The summed E-state index contributed by atoms with van der Waals surface area (Å²) in [4.78, 5) is 54.4. The van der Waals surface area contributed by atoms with Crippen LogP contribution >= 0.6 is 11.6 Å². The van der Waals surface area contributed by atoms with Gasteiger partial charge in [-0.1, -0.05) is 23.7 Å². The van der Waals surface area contributed by atoms with E-state index < -0.39 is 30.0 Å². The van der Waals surface area contributed by atoms with Gasteiger partial charge in [-0.3, -0.25) is 29.3 Å². The zero-order chi connectivity index (χ0) is 43.0. The third-order valence-electron chi connectivity index (χ3n) is 13.5. The summed E-state index contributed by atoms with van der Waals surface area (Å²) in [5.74, 6) is -2.85. The normalized spacial score (nSPS) is 23.5. The van der Waals surface area contributed by atoms with Crippen molar-refractivity contribution >= 4 is 74.0 Å². The number of benzene rings is 2. The number of fused-ring (bicyclic) bond motifs is 4. The number of imide groups is 1. The number of ether oxygens (including phenoxy) is 1. The largest absolute Gasteiger partial charge is 0.480 e. The second kappa shape index (κ2) is 15.7. The highest BCUT2D eigenvalue weighted by atomic mass is 35.5. The van der Waals surface area contributed by atoms with Crippen LogP contribution in [0.15, 0.2) is 47.4 Å². The van der Waals surface area contributed by atoms with E-state index >= 15 is 8.78 Å². The second-order valence-corrected chi connectivity index (χ2v) is 18.1. The highest BCUT2D eigenvalue weighted by Gasteiger charge is 2.51. The van der Waals surface area contributed by atoms with Gasteiger partial charge in [0.2, 0.25) is 23.5 Å². The SMILES string of the molecule is C[C@H]1CN(c2ncc(Cl)c(Nc3ccc4c(c3)c3c(c(=O)n4C)OCC(F)(F)[C@H](C4CC4)N3)n2)CCN1CC1CCN(c2cccc3c(C4CCC(=O)NC4=O)nn(C)c23)CC1. The molecule has 62 heavy (non-hydrogen) atoms. The molecule has 3 atom stereocenters. The number of hydrogen-bond donors (Lipinski definition) is 3. The smallest absolute Gasteiger partial charge is 0.301 e.